The van der Waals surface area contributed by atoms with E-state index in [2.05, 4.69) is 15.6 Å². The number of methoxy groups -OCH3 is 2. The van der Waals surface area contributed by atoms with Gasteiger partial charge in [0.25, 0.3) is 0 Å². The highest BCUT2D eigenvalue weighted by Gasteiger charge is 2.09. The summed E-state index contributed by atoms with van der Waals surface area (Å²) >= 11 is 0. The number of amides is 1. The number of carbonyl (C=O) groups is 1. The first kappa shape index (κ1) is 18.7. The lowest BCUT2D eigenvalue weighted by Crippen LogP contribution is -2.30. The Kier molecular flexibility index (Phi) is 7.68. The number of carbonyl (C=O) groups excluding carboxylic acids is 1. The first-order chi connectivity index (χ1) is 12.2. The zero-order chi connectivity index (χ0) is 17.9. The van der Waals surface area contributed by atoms with Gasteiger partial charge >= 0.3 is 0 Å². The Hall–Kier alpha value is -2.64. The lowest BCUT2D eigenvalue weighted by Gasteiger charge is -2.13. The minimum Gasteiger partial charge on any atom is -0.493 e. The van der Waals surface area contributed by atoms with Gasteiger partial charge in [0, 0.05) is 43.4 Å². The van der Waals surface area contributed by atoms with Crippen LogP contribution in [0.4, 0.5) is 5.69 Å². The Morgan fingerprint density at radius 3 is 2.80 bits per heavy atom. The van der Waals surface area contributed by atoms with E-state index in [-0.39, 0.29) is 12.5 Å². The molecule has 25 heavy (non-hydrogen) atoms. The molecule has 2 N–H and O–H groups in total. The highest BCUT2D eigenvalue weighted by Crippen LogP contribution is 2.30. The lowest BCUT2D eigenvalue weighted by atomic mass is 10.2. The summed E-state index contributed by atoms with van der Waals surface area (Å²) in [6.07, 6.45) is 3.45. The Balaban J connectivity index is 1.95. The van der Waals surface area contributed by atoms with Crippen molar-refractivity contribution in [2.45, 2.75) is 6.61 Å². The molecule has 0 spiro atoms. The van der Waals surface area contributed by atoms with Gasteiger partial charge in [0.2, 0.25) is 5.91 Å². The second kappa shape index (κ2) is 10.3. The van der Waals surface area contributed by atoms with Crippen LogP contribution in [0.25, 0.3) is 0 Å². The fourth-order valence-corrected chi connectivity index (χ4v) is 2.09. The Morgan fingerprint density at radius 2 is 2.08 bits per heavy atom. The van der Waals surface area contributed by atoms with Crippen molar-refractivity contribution in [3.63, 3.8) is 0 Å². The van der Waals surface area contributed by atoms with Crippen molar-refractivity contribution >= 4 is 11.6 Å². The molecule has 0 radical (unpaired) electrons. The number of ether oxygens (including phenoxy) is 3. The number of aromatic nitrogens is 1. The molecule has 7 nitrogen and oxygen atoms in total. The quantitative estimate of drug-likeness (QED) is 0.640. The number of nitrogens with one attached hydrogen (secondary N) is 2. The highest BCUT2D eigenvalue weighted by atomic mass is 16.5. The fraction of sp³-hybridized carbons (Fsp3) is 0.333. The molecule has 0 aliphatic carbocycles. The molecule has 1 heterocycles. The van der Waals surface area contributed by atoms with Crippen LogP contribution >= 0.6 is 0 Å². The zero-order valence-corrected chi connectivity index (χ0v) is 14.5. The predicted octanol–water partition coefficient (Wildman–Crippen LogP) is 1.84. The van der Waals surface area contributed by atoms with Crippen molar-refractivity contribution in [1.82, 2.24) is 10.3 Å². The van der Waals surface area contributed by atoms with Gasteiger partial charge in [-0.05, 0) is 18.2 Å². The second-order valence-electron chi connectivity index (χ2n) is 5.23. The normalized spacial score (nSPS) is 10.3. The van der Waals surface area contributed by atoms with Crippen molar-refractivity contribution in [3.05, 3.63) is 48.3 Å². The Morgan fingerprint density at radius 1 is 1.20 bits per heavy atom. The number of benzene rings is 1. The first-order valence-electron chi connectivity index (χ1n) is 7.92. The molecule has 1 aromatic heterocycles. The molecule has 2 rings (SSSR count). The van der Waals surface area contributed by atoms with Crippen LogP contribution in [-0.4, -0.2) is 44.8 Å². The Labute approximate surface area is 147 Å². The van der Waals surface area contributed by atoms with E-state index in [1.807, 2.05) is 12.1 Å². The number of anilines is 1. The maximum Gasteiger partial charge on any atom is 0.238 e. The van der Waals surface area contributed by atoms with Gasteiger partial charge in [0.05, 0.1) is 20.3 Å². The van der Waals surface area contributed by atoms with E-state index in [1.54, 1.807) is 44.8 Å². The van der Waals surface area contributed by atoms with E-state index in [9.17, 15) is 4.79 Å². The molecule has 2 aromatic rings. The first-order valence-corrected chi connectivity index (χ1v) is 7.92. The number of nitrogens with zero attached hydrogens (tertiary/aromatic N) is 1. The SMILES string of the molecule is COCCNCC(=O)Nc1ccc(OC)c(OCc2cccnc2)c1. The summed E-state index contributed by atoms with van der Waals surface area (Å²) in [6.45, 7) is 1.75. The molecule has 0 saturated heterocycles. The lowest BCUT2D eigenvalue weighted by molar-refractivity contribution is -0.115. The molecule has 1 aromatic carbocycles. The summed E-state index contributed by atoms with van der Waals surface area (Å²) in [5.41, 5.74) is 1.59. The van der Waals surface area contributed by atoms with Crippen molar-refractivity contribution in [3.8, 4) is 11.5 Å². The Bertz CT molecular complexity index is 665. The number of rotatable bonds is 10. The number of hydrogen-bond donors (Lipinski definition) is 2. The van der Waals surface area contributed by atoms with Gasteiger partial charge in [0.15, 0.2) is 11.5 Å². The van der Waals surface area contributed by atoms with Gasteiger partial charge in [-0.25, -0.2) is 0 Å². The van der Waals surface area contributed by atoms with Crippen LogP contribution in [0, 0.1) is 0 Å². The maximum absolute atomic E-state index is 11.9. The zero-order valence-electron chi connectivity index (χ0n) is 14.5. The smallest absolute Gasteiger partial charge is 0.238 e. The molecule has 0 aliphatic heterocycles. The van der Waals surface area contributed by atoms with Crippen LogP contribution in [0.5, 0.6) is 11.5 Å². The van der Waals surface area contributed by atoms with Gasteiger partial charge in [-0.15, -0.1) is 0 Å². The van der Waals surface area contributed by atoms with Crippen LogP contribution < -0.4 is 20.1 Å². The van der Waals surface area contributed by atoms with Gasteiger partial charge in [-0.1, -0.05) is 6.07 Å². The maximum atomic E-state index is 11.9. The summed E-state index contributed by atoms with van der Waals surface area (Å²) in [6, 6.07) is 9.04. The molecule has 7 heteroatoms. The molecule has 0 saturated carbocycles. The van der Waals surface area contributed by atoms with Gasteiger partial charge in [-0.3, -0.25) is 9.78 Å². The summed E-state index contributed by atoms with van der Waals surface area (Å²) < 4.78 is 16.0. The molecule has 134 valence electrons. The third-order valence-electron chi connectivity index (χ3n) is 3.33. The van der Waals surface area contributed by atoms with E-state index in [0.717, 1.165) is 5.56 Å². The molecule has 0 unspecified atom stereocenters. The molecule has 0 atom stereocenters. The van der Waals surface area contributed by atoms with Crippen LogP contribution in [0.2, 0.25) is 0 Å². The molecule has 0 aliphatic rings. The highest BCUT2D eigenvalue weighted by molar-refractivity contribution is 5.92. The van der Waals surface area contributed by atoms with Gasteiger partial charge in [-0.2, -0.15) is 0 Å². The minimum atomic E-state index is -0.139. The molecular formula is C18H23N3O4. The van der Waals surface area contributed by atoms with Crippen LogP contribution in [-0.2, 0) is 16.1 Å². The van der Waals surface area contributed by atoms with E-state index < -0.39 is 0 Å². The monoisotopic (exact) mass is 345 g/mol. The average molecular weight is 345 g/mol. The van der Waals surface area contributed by atoms with E-state index in [0.29, 0.717) is 36.9 Å². The largest absolute Gasteiger partial charge is 0.493 e. The third-order valence-corrected chi connectivity index (χ3v) is 3.33. The summed E-state index contributed by atoms with van der Waals surface area (Å²) in [4.78, 5) is 16.0. The van der Waals surface area contributed by atoms with Gasteiger partial charge < -0.3 is 24.8 Å². The van der Waals surface area contributed by atoms with Gasteiger partial charge in [0.1, 0.15) is 6.61 Å². The molecular weight excluding hydrogens is 322 g/mol. The number of hydrogen-bond acceptors (Lipinski definition) is 6. The van der Waals surface area contributed by atoms with Crippen LogP contribution in [0.3, 0.4) is 0 Å². The average Bonchev–Trinajstić information content (AvgIpc) is 2.64. The van der Waals surface area contributed by atoms with Crippen LogP contribution in [0.15, 0.2) is 42.7 Å². The van der Waals surface area contributed by atoms with Crippen molar-refractivity contribution < 1.29 is 19.0 Å². The molecule has 0 fully saturated rings. The van der Waals surface area contributed by atoms with Crippen molar-refractivity contribution in [1.29, 1.82) is 0 Å². The fourth-order valence-electron chi connectivity index (χ4n) is 2.09. The minimum absolute atomic E-state index is 0.139. The van der Waals surface area contributed by atoms with E-state index in [1.165, 1.54) is 0 Å². The molecule has 0 bridgehead atoms. The van der Waals surface area contributed by atoms with E-state index in [4.69, 9.17) is 14.2 Å². The standard InChI is InChI=1S/C18H23N3O4/c1-23-9-8-20-12-18(22)21-15-5-6-16(24-2)17(10-15)25-13-14-4-3-7-19-11-14/h3-7,10-11,20H,8-9,12-13H2,1-2H3,(H,21,22). The van der Waals surface area contributed by atoms with Crippen molar-refractivity contribution in [2.75, 3.05) is 39.2 Å². The topological polar surface area (TPSA) is 81.7 Å². The second-order valence-corrected chi connectivity index (χ2v) is 5.23. The number of pyridine rings is 1. The third kappa shape index (κ3) is 6.40. The summed E-state index contributed by atoms with van der Waals surface area (Å²) in [7, 11) is 3.19. The summed E-state index contributed by atoms with van der Waals surface area (Å²) in [5, 5.41) is 5.81. The van der Waals surface area contributed by atoms with Crippen molar-refractivity contribution in [2.24, 2.45) is 0 Å². The van der Waals surface area contributed by atoms with Crippen LogP contribution in [0.1, 0.15) is 5.56 Å². The van der Waals surface area contributed by atoms with E-state index >= 15 is 0 Å². The molecule has 1 amide bonds. The predicted molar refractivity (Wildman–Crippen MR) is 94.9 cm³/mol. The summed E-state index contributed by atoms with van der Waals surface area (Å²) in [5.74, 6) is 1.01.